The third-order valence-electron chi connectivity index (χ3n) is 8.76. The molecule has 0 spiro atoms. The maximum absolute atomic E-state index is 11.3. The SMILES string of the molecule is C[C@@]12CCC[C@H]1[C@@H]1CCc3cc(OC4O[C@H](C(=O)O)[C@@H](O)[C@H](O)[C@H]4O)c(O)c(O)c3[C@H]1CC2. The Morgan fingerprint density at radius 2 is 1.82 bits per heavy atom. The molecule has 2 saturated carbocycles. The summed E-state index contributed by atoms with van der Waals surface area (Å²) in [7, 11) is 0. The van der Waals surface area contributed by atoms with Crippen LogP contribution in [0.4, 0.5) is 0 Å². The number of ether oxygens (including phenoxy) is 2. The van der Waals surface area contributed by atoms with Crippen molar-refractivity contribution >= 4 is 5.97 Å². The Morgan fingerprint density at radius 3 is 2.55 bits per heavy atom. The van der Waals surface area contributed by atoms with Gasteiger partial charge in [-0.25, -0.2) is 4.79 Å². The molecule has 1 aromatic rings. The van der Waals surface area contributed by atoms with Gasteiger partial charge in [-0.3, -0.25) is 0 Å². The van der Waals surface area contributed by atoms with Gasteiger partial charge in [0.1, 0.15) is 18.3 Å². The number of hydrogen-bond acceptors (Lipinski definition) is 8. The van der Waals surface area contributed by atoms with Crippen LogP contribution in [-0.4, -0.2) is 67.3 Å². The number of carboxylic acid groups (broad SMARTS) is 1. The molecule has 1 unspecified atom stereocenters. The molecule has 3 fully saturated rings. The van der Waals surface area contributed by atoms with E-state index in [4.69, 9.17) is 9.47 Å². The third kappa shape index (κ3) is 3.48. The first-order chi connectivity index (χ1) is 15.6. The fraction of sp³-hybridized carbons (Fsp3) is 0.708. The van der Waals surface area contributed by atoms with Crippen LogP contribution in [0.15, 0.2) is 6.07 Å². The quantitative estimate of drug-likeness (QED) is 0.366. The highest BCUT2D eigenvalue weighted by atomic mass is 16.7. The van der Waals surface area contributed by atoms with E-state index in [9.17, 15) is 35.4 Å². The van der Waals surface area contributed by atoms with Gasteiger partial charge in [-0.1, -0.05) is 13.3 Å². The number of rotatable bonds is 3. The van der Waals surface area contributed by atoms with Gasteiger partial charge in [-0.15, -0.1) is 0 Å². The number of aromatic hydroxyl groups is 2. The van der Waals surface area contributed by atoms with Crippen molar-refractivity contribution in [1.29, 1.82) is 0 Å². The van der Waals surface area contributed by atoms with Crippen molar-refractivity contribution in [2.45, 2.75) is 88.5 Å². The van der Waals surface area contributed by atoms with Gasteiger partial charge < -0.3 is 40.1 Å². The summed E-state index contributed by atoms with van der Waals surface area (Å²) in [6.07, 6.45) is -1.45. The van der Waals surface area contributed by atoms with Gasteiger partial charge in [-0.05, 0) is 73.3 Å². The van der Waals surface area contributed by atoms with Crippen molar-refractivity contribution in [3.05, 3.63) is 17.2 Å². The second kappa shape index (κ2) is 8.01. The standard InChI is InChI=1S/C24H32O9/c1-24-7-2-3-13(24)11-5-4-10-9-14(16(25)17(26)15(10)12(11)6-8-24)32-23-20(29)18(27)19(28)21(33-23)22(30)31/h9,11-13,18-21,23,25-29H,2-8H2,1H3,(H,30,31)/t11-,12+,13+,18+,19+,20-,21+,23?,24+/m1/s1. The first-order valence-electron chi connectivity index (χ1n) is 11.8. The zero-order chi connectivity index (χ0) is 23.7. The molecule has 9 atom stereocenters. The van der Waals surface area contributed by atoms with Gasteiger partial charge >= 0.3 is 5.97 Å². The maximum Gasteiger partial charge on any atom is 0.335 e. The lowest BCUT2D eigenvalue weighted by Gasteiger charge is -2.49. The molecule has 0 bridgehead atoms. The van der Waals surface area contributed by atoms with Gasteiger partial charge in [0.05, 0.1) is 0 Å². The number of benzene rings is 1. The van der Waals surface area contributed by atoms with Crippen molar-refractivity contribution in [3.8, 4) is 17.2 Å². The third-order valence-corrected chi connectivity index (χ3v) is 8.76. The van der Waals surface area contributed by atoms with Crippen LogP contribution < -0.4 is 4.74 Å². The molecule has 6 N–H and O–H groups in total. The Bertz CT molecular complexity index is 948. The number of hydrogen-bond donors (Lipinski definition) is 6. The number of aryl methyl sites for hydroxylation is 1. The second-order valence-electron chi connectivity index (χ2n) is 10.5. The molecular formula is C24H32O9. The van der Waals surface area contributed by atoms with Gasteiger partial charge in [0.15, 0.2) is 17.6 Å². The van der Waals surface area contributed by atoms with Crippen molar-refractivity contribution in [3.63, 3.8) is 0 Å². The first-order valence-corrected chi connectivity index (χ1v) is 11.8. The predicted molar refractivity (Wildman–Crippen MR) is 114 cm³/mol. The van der Waals surface area contributed by atoms with E-state index in [0.29, 0.717) is 23.7 Å². The first kappa shape index (κ1) is 22.7. The smallest absolute Gasteiger partial charge is 0.335 e. The summed E-state index contributed by atoms with van der Waals surface area (Å²) in [5.41, 5.74) is 1.97. The predicted octanol–water partition coefficient (Wildman–Crippen LogP) is 1.61. The largest absolute Gasteiger partial charge is 0.504 e. The average molecular weight is 465 g/mol. The van der Waals surface area contributed by atoms with Crippen LogP contribution in [0, 0.1) is 17.3 Å². The Balaban J connectivity index is 1.43. The zero-order valence-electron chi connectivity index (χ0n) is 18.6. The number of phenolic OH excluding ortho intramolecular Hbond substituents is 2. The summed E-state index contributed by atoms with van der Waals surface area (Å²) >= 11 is 0. The molecule has 0 aromatic heterocycles. The molecule has 1 aliphatic heterocycles. The minimum absolute atomic E-state index is 0.162. The van der Waals surface area contributed by atoms with Gasteiger partial charge in [-0.2, -0.15) is 0 Å². The van der Waals surface area contributed by atoms with E-state index in [-0.39, 0.29) is 17.4 Å². The van der Waals surface area contributed by atoms with E-state index in [1.807, 2.05) is 0 Å². The fourth-order valence-electron chi connectivity index (χ4n) is 7.05. The Morgan fingerprint density at radius 1 is 1.06 bits per heavy atom. The molecule has 0 amide bonds. The number of phenols is 2. The highest BCUT2D eigenvalue weighted by Gasteiger charge is 2.52. The minimum atomic E-state index is -1.84. The van der Waals surface area contributed by atoms with Gasteiger partial charge in [0.25, 0.3) is 0 Å². The van der Waals surface area contributed by atoms with E-state index in [2.05, 4.69) is 6.92 Å². The van der Waals surface area contributed by atoms with Crippen LogP contribution in [-0.2, 0) is 16.0 Å². The lowest BCUT2D eigenvalue weighted by molar-refractivity contribution is -0.271. The zero-order valence-corrected chi connectivity index (χ0v) is 18.6. The summed E-state index contributed by atoms with van der Waals surface area (Å²) < 4.78 is 10.7. The van der Waals surface area contributed by atoms with Gasteiger partial charge in [0, 0.05) is 5.56 Å². The van der Waals surface area contributed by atoms with E-state index in [1.54, 1.807) is 6.07 Å². The number of carboxylic acids is 1. The Kier molecular flexibility index (Phi) is 5.51. The number of aliphatic hydroxyl groups is 3. The van der Waals surface area contributed by atoms with Crippen molar-refractivity contribution in [1.82, 2.24) is 0 Å². The molecule has 1 heterocycles. The van der Waals surface area contributed by atoms with E-state index in [0.717, 1.165) is 30.4 Å². The van der Waals surface area contributed by atoms with Crippen molar-refractivity contribution in [2.24, 2.45) is 17.3 Å². The molecule has 182 valence electrons. The summed E-state index contributed by atoms with van der Waals surface area (Å²) in [5.74, 6) is -1.20. The van der Waals surface area contributed by atoms with Crippen LogP contribution in [0.5, 0.6) is 17.2 Å². The van der Waals surface area contributed by atoms with Crippen LogP contribution in [0.1, 0.15) is 62.5 Å². The Hall–Kier alpha value is -2.07. The molecule has 9 heteroatoms. The minimum Gasteiger partial charge on any atom is -0.504 e. The molecule has 1 saturated heterocycles. The molecule has 5 rings (SSSR count). The number of carbonyl (C=O) groups is 1. The fourth-order valence-corrected chi connectivity index (χ4v) is 7.05. The van der Waals surface area contributed by atoms with Crippen LogP contribution >= 0.6 is 0 Å². The lowest BCUT2D eigenvalue weighted by Crippen LogP contribution is -2.61. The topological polar surface area (TPSA) is 157 Å². The van der Waals surface area contributed by atoms with E-state index in [1.165, 1.54) is 19.3 Å². The maximum atomic E-state index is 11.3. The Labute approximate surface area is 191 Å². The van der Waals surface area contributed by atoms with Crippen LogP contribution in [0.3, 0.4) is 0 Å². The average Bonchev–Trinajstić information content (AvgIpc) is 3.18. The summed E-state index contributed by atoms with van der Waals surface area (Å²) in [4.78, 5) is 11.3. The second-order valence-corrected chi connectivity index (χ2v) is 10.5. The molecule has 9 nitrogen and oxygen atoms in total. The van der Waals surface area contributed by atoms with Crippen LogP contribution in [0.25, 0.3) is 0 Å². The highest BCUT2D eigenvalue weighted by molar-refractivity contribution is 5.73. The molecule has 3 aliphatic carbocycles. The molecular weight excluding hydrogens is 432 g/mol. The number of fused-ring (bicyclic) bond motifs is 5. The molecule has 0 radical (unpaired) electrons. The van der Waals surface area contributed by atoms with Crippen molar-refractivity contribution in [2.75, 3.05) is 0 Å². The molecule has 4 aliphatic rings. The summed E-state index contributed by atoms with van der Waals surface area (Å²) in [5, 5.41) is 61.1. The summed E-state index contributed by atoms with van der Waals surface area (Å²) in [6, 6.07) is 1.60. The monoisotopic (exact) mass is 464 g/mol. The molecule has 33 heavy (non-hydrogen) atoms. The lowest BCUT2D eigenvalue weighted by atomic mass is 9.55. The molecule has 1 aromatic carbocycles. The van der Waals surface area contributed by atoms with E-state index < -0.39 is 42.4 Å². The van der Waals surface area contributed by atoms with Gasteiger partial charge in [0.2, 0.25) is 12.0 Å². The van der Waals surface area contributed by atoms with Crippen LogP contribution in [0.2, 0.25) is 0 Å². The van der Waals surface area contributed by atoms with E-state index >= 15 is 0 Å². The normalized spacial score (nSPS) is 42.2. The number of aliphatic carboxylic acids is 1. The highest BCUT2D eigenvalue weighted by Crippen LogP contribution is 2.62. The van der Waals surface area contributed by atoms with Crippen molar-refractivity contribution < 1.29 is 44.9 Å². The number of aliphatic hydroxyl groups excluding tert-OH is 3. The summed E-state index contributed by atoms with van der Waals surface area (Å²) in [6.45, 7) is 2.38.